The molecule has 0 fully saturated rings. The maximum atomic E-state index is 12.8. The van der Waals surface area contributed by atoms with Gasteiger partial charge in [-0.25, -0.2) is 4.79 Å². The van der Waals surface area contributed by atoms with Gasteiger partial charge in [-0.05, 0) is 18.2 Å². The van der Waals surface area contributed by atoms with Gasteiger partial charge in [0.2, 0.25) is 0 Å². The van der Waals surface area contributed by atoms with Crippen LogP contribution in [0.2, 0.25) is 0 Å². The smallest absolute Gasteiger partial charge is 0.337 e. The lowest BCUT2D eigenvalue weighted by molar-refractivity contribution is 0.0600. The molecule has 0 aliphatic heterocycles. The molecule has 0 atom stereocenters. The summed E-state index contributed by atoms with van der Waals surface area (Å²) in [6.45, 7) is 1.27. The molecule has 0 unspecified atom stereocenters. The van der Waals surface area contributed by atoms with E-state index >= 15 is 0 Å². The number of esters is 1. The van der Waals surface area contributed by atoms with Crippen LogP contribution in [-0.4, -0.2) is 53.9 Å². The lowest BCUT2D eigenvalue weighted by atomic mass is 10.1. The third-order valence-electron chi connectivity index (χ3n) is 3.51. The number of carbonyl (C=O) groups excluding carboxylic acids is 2. The Labute approximate surface area is 140 Å². The fraction of sp³-hybridized carbons (Fsp3) is 0.353. The Morgan fingerprint density at radius 3 is 2.62 bits per heavy atom. The van der Waals surface area contributed by atoms with E-state index in [0.717, 1.165) is 5.56 Å². The Morgan fingerprint density at radius 2 is 2.00 bits per heavy atom. The SMILES string of the molecule is COCCN(Cc1cnn(C)c1)C(=O)c1cccc(C(=O)OC)c1. The van der Waals surface area contributed by atoms with Crippen molar-refractivity contribution in [3.8, 4) is 0 Å². The number of hydrogen-bond donors (Lipinski definition) is 0. The average Bonchev–Trinajstić information content (AvgIpc) is 3.02. The summed E-state index contributed by atoms with van der Waals surface area (Å²) in [6.07, 6.45) is 3.58. The number of benzene rings is 1. The predicted molar refractivity (Wildman–Crippen MR) is 87.6 cm³/mol. The molecule has 0 saturated heterocycles. The molecule has 0 bridgehead atoms. The van der Waals surface area contributed by atoms with Gasteiger partial charge in [0, 0.05) is 44.6 Å². The minimum absolute atomic E-state index is 0.179. The topological polar surface area (TPSA) is 73.7 Å². The number of aryl methyl sites for hydroxylation is 1. The molecule has 0 radical (unpaired) electrons. The van der Waals surface area contributed by atoms with Crippen molar-refractivity contribution in [2.45, 2.75) is 6.54 Å². The van der Waals surface area contributed by atoms with E-state index in [1.807, 2.05) is 13.2 Å². The Morgan fingerprint density at radius 1 is 1.25 bits per heavy atom. The third-order valence-corrected chi connectivity index (χ3v) is 3.51. The van der Waals surface area contributed by atoms with Crippen LogP contribution in [0.3, 0.4) is 0 Å². The van der Waals surface area contributed by atoms with Crippen LogP contribution in [0.15, 0.2) is 36.7 Å². The molecule has 24 heavy (non-hydrogen) atoms. The van der Waals surface area contributed by atoms with Gasteiger partial charge < -0.3 is 14.4 Å². The monoisotopic (exact) mass is 331 g/mol. The van der Waals surface area contributed by atoms with Gasteiger partial charge >= 0.3 is 5.97 Å². The van der Waals surface area contributed by atoms with Gasteiger partial charge in [0.1, 0.15) is 0 Å². The molecule has 1 aromatic carbocycles. The maximum absolute atomic E-state index is 12.8. The van der Waals surface area contributed by atoms with Crippen LogP contribution < -0.4 is 0 Å². The van der Waals surface area contributed by atoms with Gasteiger partial charge in [-0.2, -0.15) is 5.10 Å². The highest BCUT2D eigenvalue weighted by molar-refractivity contribution is 5.97. The van der Waals surface area contributed by atoms with Crippen molar-refractivity contribution in [3.05, 3.63) is 53.3 Å². The first-order valence-corrected chi connectivity index (χ1v) is 7.49. The van der Waals surface area contributed by atoms with Crippen LogP contribution in [0, 0.1) is 0 Å². The number of aromatic nitrogens is 2. The second kappa shape index (κ2) is 8.26. The zero-order valence-electron chi connectivity index (χ0n) is 14.1. The van der Waals surface area contributed by atoms with E-state index < -0.39 is 5.97 Å². The Hall–Kier alpha value is -2.67. The van der Waals surface area contributed by atoms with Crippen LogP contribution in [-0.2, 0) is 23.1 Å². The predicted octanol–water partition coefficient (Wildman–Crippen LogP) is 1.50. The number of nitrogens with zero attached hydrogens (tertiary/aromatic N) is 3. The summed E-state index contributed by atoms with van der Waals surface area (Å²) in [4.78, 5) is 26.1. The third kappa shape index (κ3) is 4.42. The summed E-state index contributed by atoms with van der Waals surface area (Å²) in [6, 6.07) is 6.50. The number of methoxy groups -OCH3 is 2. The number of amides is 1. The van der Waals surface area contributed by atoms with Crippen molar-refractivity contribution >= 4 is 11.9 Å². The molecule has 128 valence electrons. The van der Waals surface area contributed by atoms with Gasteiger partial charge in [0.05, 0.1) is 25.5 Å². The van der Waals surface area contributed by atoms with Gasteiger partial charge in [0.15, 0.2) is 0 Å². The first kappa shape index (κ1) is 17.7. The molecule has 7 nitrogen and oxygen atoms in total. The lowest BCUT2D eigenvalue weighted by Crippen LogP contribution is -2.33. The Kier molecular flexibility index (Phi) is 6.08. The van der Waals surface area contributed by atoms with Crippen molar-refractivity contribution in [1.82, 2.24) is 14.7 Å². The minimum atomic E-state index is -0.472. The first-order chi connectivity index (χ1) is 11.5. The zero-order chi connectivity index (χ0) is 17.5. The van der Waals surface area contributed by atoms with E-state index in [4.69, 9.17) is 9.47 Å². The van der Waals surface area contributed by atoms with E-state index in [-0.39, 0.29) is 5.91 Å². The molecule has 0 saturated carbocycles. The molecule has 0 aliphatic rings. The van der Waals surface area contributed by atoms with Crippen LogP contribution in [0.1, 0.15) is 26.3 Å². The number of rotatable bonds is 7. The van der Waals surface area contributed by atoms with Crippen molar-refractivity contribution in [3.63, 3.8) is 0 Å². The van der Waals surface area contributed by atoms with Gasteiger partial charge in [-0.15, -0.1) is 0 Å². The molecule has 7 heteroatoms. The van der Waals surface area contributed by atoms with E-state index in [2.05, 4.69) is 5.10 Å². The van der Waals surface area contributed by atoms with Crippen LogP contribution in [0.25, 0.3) is 0 Å². The number of ether oxygens (including phenoxy) is 2. The summed E-state index contributed by atoms with van der Waals surface area (Å²) in [7, 11) is 4.72. The van der Waals surface area contributed by atoms with E-state index in [1.165, 1.54) is 13.2 Å². The highest BCUT2D eigenvalue weighted by Crippen LogP contribution is 2.12. The largest absolute Gasteiger partial charge is 0.465 e. The normalized spacial score (nSPS) is 10.5. The molecule has 1 heterocycles. The molecule has 0 aliphatic carbocycles. The van der Waals surface area contributed by atoms with Gasteiger partial charge in [-0.1, -0.05) is 6.07 Å². The quantitative estimate of drug-likeness (QED) is 0.719. The van der Waals surface area contributed by atoms with Crippen LogP contribution in [0.5, 0.6) is 0 Å². The summed E-state index contributed by atoms with van der Waals surface area (Å²) in [5.74, 6) is -0.651. The van der Waals surface area contributed by atoms with Crippen molar-refractivity contribution < 1.29 is 19.1 Å². The average molecular weight is 331 g/mol. The zero-order valence-corrected chi connectivity index (χ0v) is 14.1. The summed E-state index contributed by atoms with van der Waals surface area (Å²) in [5, 5.41) is 4.12. The lowest BCUT2D eigenvalue weighted by Gasteiger charge is -2.22. The fourth-order valence-electron chi connectivity index (χ4n) is 2.31. The molecule has 2 rings (SSSR count). The number of hydrogen-bond acceptors (Lipinski definition) is 5. The standard InChI is InChI=1S/C17H21N3O4/c1-19-11-13(10-18-19)12-20(7-8-23-2)16(21)14-5-4-6-15(9-14)17(22)24-3/h4-6,9-11H,7-8,12H2,1-3H3. The highest BCUT2D eigenvalue weighted by Gasteiger charge is 2.18. The van der Waals surface area contributed by atoms with Crippen molar-refractivity contribution in [1.29, 1.82) is 0 Å². The van der Waals surface area contributed by atoms with Gasteiger partial charge in [-0.3, -0.25) is 9.48 Å². The Balaban J connectivity index is 2.21. The molecular weight excluding hydrogens is 310 g/mol. The van der Waals surface area contributed by atoms with Crippen LogP contribution in [0.4, 0.5) is 0 Å². The van der Waals surface area contributed by atoms with E-state index in [9.17, 15) is 9.59 Å². The summed E-state index contributed by atoms with van der Waals surface area (Å²) < 4.78 is 11.5. The van der Waals surface area contributed by atoms with Gasteiger partial charge in [0.25, 0.3) is 5.91 Å². The molecule has 0 spiro atoms. The molecular formula is C17H21N3O4. The number of carbonyl (C=O) groups is 2. The summed E-state index contributed by atoms with van der Waals surface area (Å²) in [5.41, 5.74) is 1.69. The van der Waals surface area contributed by atoms with Crippen molar-refractivity contribution in [2.75, 3.05) is 27.4 Å². The minimum Gasteiger partial charge on any atom is -0.465 e. The van der Waals surface area contributed by atoms with E-state index in [1.54, 1.807) is 41.1 Å². The summed E-state index contributed by atoms with van der Waals surface area (Å²) >= 11 is 0. The highest BCUT2D eigenvalue weighted by atomic mass is 16.5. The first-order valence-electron chi connectivity index (χ1n) is 7.49. The molecule has 2 aromatic rings. The molecule has 1 amide bonds. The Bertz CT molecular complexity index is 711. The second-order valence-electron chi connectivity index (χ2n) is 5.31. The fourth-order valence-corrected chi connectivity index (χ4v) is 2.31. The van der Waals surface area contributed by atoms with Crippen molar-refractivity contribution in [2.24, 2.45) is 7.05 Å². The van der Waals surface area contributed by atoms with E-state index in [0.29, 0.717) is 30.8 Å². The second-order valence-corrected chi connectivity index (χ2v) is 5.31. The molecule has 1 aromatic heterocycles. The maximum Gasteiger partial charge on any atom is 0.337 e. The van der Waals surface area contributed by atoms with Crippen LogP contribution >= 0.6 is 0 Å². The molecule has 0 N–H and O–H groups in total.